The second kappa shape index (κ2) is 7.64. The van der Waals surface area contributed by atoms with Crippen LogP contribution < -0.4 is 14.8 Å². The quantitative estimate of drug-likeness (QED) is 0.779. The van der Waals surface area contributed by atoms with Gasteiger partial charge in [0, 0.05) is 24.1 Å². The van der Waals surface area contributed by atoms with E-state index in [1.54, 1.807) is 6.07 Å². The highest BCUT2D eigenvalue weighted by Gasteiger charge is 2.32. The molecule has 1 atom stereocenters. The topological polar surface area (TPSA) is 80.9 Å². The Morgan fingerprint density at radius 3 is 2.85 bits per heavy atom. The van der Waals surface area contributed by atoms with Crippen LogP contribution in [0.15, 0.2) is 28.7 Å². The van der Waals surface area contributed by atoms with E-state index in [1.165, 1.54) is 0 Å². The number of furan rings is 1. The van der Waals surface area contributed by atoms with Crippen LogP contribution in [-0.4, -0.2) is 29.8 Å². The number of aryl methyl sites for hydroxylation is 2. The van der Waals surface area contributed by atoms with E-state index in [4.69, 9.17) is 13.9 Å². The molecule has 0 unspecified atom stereocenters. The number of amides is 1. The highest BCUT2D eigenvalue weighted by molar-refractivity contribution is 5.77. The van der Waals surface area contributed by atoms with Crippen LogP contribution in [0.25, 0.3) is 0 Å². The molecule has 0 bridgehead atoms. The van der Waals surface area contributed by atoms with Crippen LogP contribution in [0, 0.1) is 13.8 Å². The van der Waals surface area contributed by atoms with Crippen molar-refractivity contribution in [2.75, 3.05) is 13.2 Å². The fourth-order valence-corrected chi connectivity index (χ4v) is 3.38. The molecule has 0 aliphatic carbocycles. The number of fused-ring (bicyclic) bond motifs is 1. The average Bonchev–Trinajstić information content (AvgIpc) is 3.09. The Labute approximate surface area is 159 Å². The van der Waals surface area contributed by atoms with E-state index in [2.05, 4.69) is 5.32 Å². The van der Waals surface area contributed by atoms with Crippen molar-refractivity contribution in [3.8, 4) is 11.5 Å². The molecule has 1 aromatic heterocycles. The van der Waals surface area contributed by atoms with Crippen LogP contribution in [-0.2, 0) is 11.2 Å². The zero-order valence-electron chi connectivity index (χ0n) is 16.3. The first-order valence-electron chi connectivity index (χ1n) is 9.20. The van der Waals surface area contributed by atoms with E-state index in [9.17, 15) is 9.90 Å². The van der Waals surface area contributed by atoms with Crippen LogP contribution >= 0.6 is 0 Å². The number of carbonyl (C=O) groups is 1. The number of carbonyl (C=O) groups excluding carboxylic acids is 1. The van der Waals surface area contributed by atoms with E-state index in [1.807, 2.05) is 45.9 Å². The summed E-state index contributed by atoms with van der Waals surface area (Å²) >= 11 is 0. The molecule has 0 saturated carbocycles. The Morgan fingerprint density at radius 2 is 2.15 bits per heavy atom. The van der Waals surface area contributed by atoms with Crippen LogP contribution in [0.5, 0.6) is 11.5 Å². The van der Waals surface area contributed by atoms with Gasteiger partial charge in [-0.15, -0.1) is 0 Å². The molecule has 27 heavy (non-hydrogen) atoms. The summed E-state index contributed by atoms with van der Waals surface area (Å²) in [4.78, 5) is 12.1. The molecule has 6 nitrogen and oxygen atoms in total. The lowest BCUT2D eigenvalue weighted by atomic mass is 10.0. The maximum Gasteiger partial charge on any atom is 0.257 e. The van der Waals surface area contributed by atoms with Gasteiger partial charge in [-0.3, -0.25) is 4.79 Å². The van der Waals surface area contributed by atoms with Crippen molar-refractivity contribution in [1.82, 2.24) is 5.32 Å². The molecule has 6 heteroatoms. The Morgan fingerprint density at radius 1 is 1.37 bits per heavy atom. The Bertz CT molecular complexity index is 824. The number of aliphatic hydroxyl groups is 1. The summed E-state index contributed by atoms with van der Waals surface area (Å²) < 4.78 is 17.0. The molecule has 0 saturated heterocycles. The number of aliphatic hydroxyl groups excluding tert-OH is 1. The normalized spacial score (nSPS) is 15.7. The van der Waals surface area contributed by atoms with Gasteiger partial charge in [-0.05, 0) is 46.2 Å². The smallest absolute Gasteiger partial charge is 0.257 e. The molecular weight excluding hydrogens is 346 g/mol. The third-order valence-electron chi connectivity index (χ3n) is 4.59. The molecule has 1 aliphatic heterocycles. The third-order valence-corrected chi connectivity index (χ3v) is 4.59. The maximum atomic E-state index is 12.1. The summed E-state index contributed by atoms with van der Waals surface area (Å²) in [5.74, 6) is 2.53. The van der Waals surface area contributed by atoms with E-state index < -0.39 is 6.10 Å². The molecule has 1 amide bonds. The molecule has 2 heterocycles. The summed E-state index contributed by atoms with van der Waals surface area (Å²) in [6.45, 7) is 7.97. The maximum absolute atomic E-state index is 12.1. The lowest BCUT2D eigenvalue weighted by Crippen LogP contribution is -2.30. The van der Waals surface area contributed by atoms with Crippen LogP contribution in [0.1, 0.15) is 49.0 Å². The van der Waals surface area contributed by atoms with Gasteiger partial charge in [0.05, 0.1) is 6.10 Å². The largest absolute Gasteiger partial charge is 0.483 e. The van der Waals surface area contributed by atoms with Crippen molar-refractivity contribution in [3.05, 3.63) is 46.9 Å². The van der Waals surface area contributed by atoms with Crippen molar-refractivity contribution in [1.29, 1.82) is 0 Å². The zero-order valence-corrected chi connectivity index (χ0v) is 16.3. The standard InChI is InChI=1S/C21H27NO5/c1-13-10-16(14(2)26-13)17(23)8-9-22-19(24)12-25-18-7-5-6-15-11-21(3,4)27-20(15)18/h5-7,10,17,23H,8-9,11-12H2,1-4H3,(H,22,24)/t17-/m1/s1. The van der Waals surface area contributed by atoms with Crippen molar-refractivity contribution in [2.24, 2.45) is 0 Å². The fourth-order valence-electron chi connectivity index (χ4n) is 3.38. The van der Waals surface area contributed by atoms with Gasteiger partial charge >= 0.3 is 0 Å². The summed E-state index contributed by atoms with van der Waals surface area (Å²) in [6, 6.07) is 7.55. The van der Waals surface area contributed by atoms with Gasteiger partial charge in [0.1, 0.15) is 17.1 Å². The van der Waals surface area contributed by atoms with Gasteiger partial charge in [-0.1, -0.05) is 12.1 Å². The first-order chi connectivity index (χ1) is 12.7. The summed E-state index contributed by atoms with van der Waals surface area (Å²) in [5, 5.41) is 13.0. The van der Waals surface area contributed by atoms with Gasteiger partial charge in [-0.25, -0.2) is 0 Å². The van der Waals surface area contributed by atoms with Crippen LogP contribution in [0.2, 0.25) is 0 Å². The number of benzene rings is 1. The Balaban J connectivity index is 1.46. The van der Waals surface area contributed by atoms with Gasteiger partial charge in [0.2, 0.25) is 0 Å². The first-order valence-corrected chi connectivity index (χ1v) is 9.20. The van der Waals surface area contributed by atoms with Crippen molar-refractivity contribution >= 4 is 5.91 Å². The number of rotatable bonds is 7. The van der Waals surface area contributed by atoms with Crippen molar-refractivity contribution in [2.45, 2.75) is 52.2 Å². The number of nitrogens with one attached hydrogen (secondary N) is 1. The van der Waals surface area contributed by atoms with Crippen LogP contribution in [0.4, 0.5) is 0 Å². The summed E-state index contributed by atoms with van der Waals surface area (Å²) in [7, 11) is 0. The predicted molar refractivity (Wildman–Crippen MR) is 101 cm³/mol. The number of hydrogen-bond donors (Lipinski definition) is 2. The molecule has 2 N–H and O–H groups in total. The molecule has 0 radical (unpaired) electrons. The molecule has 1 aromatic carbocycles. The Kier molecular flexibility index (Phi) is 5.46. The summed E-state index contributed by atoms with van der Waals surface area (Å²) in [5.41, 5.74) is 1.59. The number of para-hydroxylation sites is 1. The van der Waals surface area contributed by atoms with E-state index in [0.29, 0.717) is 24.5 Å². The van der Waals surface area contributed by atoms with E-state index in [0.717, 1.165) is 29.1 Å². The highest BCUT2D eigenvalue weighted by atomic mass is 16.5. The molecular formula is C21H27NO5. The fraction of sp³-hybridized carbons (Fsp3) is 0.476. The van der Waals surface area contributed by atoms with Gasteiger partial charge in [-0.2, -0.15) is 0 Å². The van der Waals surface area contributed by atoms with Gasteiger partial charge in [0.25, 0.3) is 5.91 Å². The second-order valence-electron chi connectivity index (χ2n) is 7.59. The molecule has 3 rings (SSSR count). The van der Waals surface area contributed by atoms with Crippen molar-refractivity contribution < 1.29 is 23.8 Å². The van der Waals surface area contributed by atoms with E-state index in [-0.39, 0.29) is 18.1 Å². The number of hydrogen-bond acceptors (Lipinski definition) is 5. The van der Waals surface area contributed by atoms with Gasteiger partial charge in [0.15, 0.2) is 18.1 Å². The monoisotopic (exact) mass is 373 g/mol. The van der Waals surface area contributed by atoms with Gasteiger partial charge < -0.3 is 24.3 Å². The second-order valence-corrected chi connectivity index (χ2v) is 7.59. The minimum Gasteiger partial charge on any atom is -0.483 e. The molecule has 146 valence electrons. The lowest BCUT2D eigenvalue weighted by Gasteiger charge is -2.18. The first kappa shape index (κ1) is 19.3. The summed E-state index contributed by atoms with van der Waals surface area (Å²) in [6.07, 6.45) is 0.553. The van der Waals surface area contributed by atoms with Crippen molar-refractivity contribution in [3.63, 3.8) is 0 Å². The predicted octanol–water partition coefficient (Wildman–Crippen LogP) is 3.23. The minimum absolute atomic E-state index is 0.0970. The van der Waals surface area contributed by atoms with E-state index >= 15 is 0 Å². The van der Waals surface area contributed by atoms with Crippen LogP contribution in [0.3, 0.4) is 0 Å². The molecule has 2 aromatic rings. The number of ether oxygens (including phenoxy) is 2. The molecule has 0 fully saturated rings. The minimum atomic E-state index is -0.670. The lowest BCUT2D eigenvalue weighted by molar-refractivity contribution is -0.123. The molecule has 1 aliphatic rings. The zero-order chi connectivity index (χ0) is 19.6. The average molecular weight is 373 g/mol. The SMILES string of the molecule is Cc1cc([C@H](O)CCNC(=O)COc2cccc3c2OC(C)(C)C3)c(C)o1. The third kappa shape index (κ3) is 4.63. The Hall–Kier alpha value is -2.47. The highest BCUT2D eigenvalue weighted by Crippen LogP contribution is 2.41. The molecule has 0 spiro atoms.